The van der Waals surface area contributed by atoms with Crippen molar-refractivity contribution in [3.63, 3.8) is 0 Å². The number of aryl methyl sites for hydroxylation is 7. The van der Waals surface area contributed by atoms with Gasteiger partial charge in [-0.1, -0.05) is 114 Å². The van der Waals surface area contributed by atoms with E-state index in [9.17, 15) is 0 Å². The van der Waals surface area contributed by atoms with Crippen LogP contribution in [0.25, 0.3) is 10.8 Å². The zero-order valence-corrected chi connectivity index (χ0v) is 31.3. The highest BCUT2D eigenvalue weighted by atomic mass is 32.1. The minimum Gasteiger partial charge on any atom is -0.143 e. The average molecular weight is 571 g/mol. The molecule has 0 nitrogen and oxygen atoms in total. The third-order valence-electron chi connectivity index (χ3n) is 5.92. The Morgan fingerprint density at radius 1 is 0.525 bits per heavy atom. The van der Waals surface area contributed by atoms with Crippen LogP contribution in [0, 0.1) is 41.5 Å². The highest BCUT2D eigenvalue weighted by molar-refractivity contribution is 7.80. The van der Waals surface area contributed by atoms with Crippen molar-refractivity contribution in [3.8, 4) is 0 Å². The van der Waals surface area contributed by atoms with Crippen molar-refractivity contribution in [1.29, 1.82) is 0 Å². The van der Waals surface area contributed by atoms with E-state index in [1.807, 2.05) is 55.4 Å². The van der Waals surface area contributed by atoms with E-state index in [0.717, 1.165) is 17.7 Å². The molecule has 0 aliphatic carbocycles. The number of hydrogen-bond donors (Lipinski definition) is 1. The fourth-order valence-corrected chi connectivity index (χ4v) is 4.23. The van der Waals surface area contributed by atoms with Gasteiger partial charge in [0, 0.05) is 4.90 Å². The summed E-state index contributed by atoms with van der Waals surface area (Å²) >= 11 is 4.61. The molecule has 0 saturated heterocycles. The van der Waals surface area contributed by atoms with Crippen LogP contribution < -0.4 is 0 Å². The maximum atomic E-state index is 4.61. The smallest absolute Gasteiger partial charge is 0.00810 e. The van der Waals surface area contributed by atoms with E-state index in [1.165, 1.54) is 61.7 Å². The molecule has 0 aliphatic heterocycles. The van der Waals surface area contributed by atoms with Gasteiger partial charge in [0.25, 0.3) is 0 Å². The fraction of sp³-hybridized carbons (Fsp3) is 0.538. The lowest BCUT2D eigenvalue weighted by Crippen LogP contribution is -1.93. The van der Waals surface area contributed by atoms with E-state index in [4.69, 9.17) is 0 Å². The molecule has 1 heteroatoms. The summed E-state index contributed by atoms with van der Waals surface area (Å²) in [5, 5.41) is 2.72. The van der Waals surface area contributed by atoms with Crippen LogP contribution >= 0.6 is 12.6 Å². The van der Waals surface area contributed by atoms with Gasteiger partial charge in [-0.15, -0.1) is 25.8 Å². The Bertz CT molecular complexity index is 996. The molecule has 0 amide bonds. The molecule has 0 bridgehead atoms. The first-order valence-electron chi connectivity index (χ1n) is 15.9. The Hall–Kier alpha value is -1.99. The van der Waals surface area contributed by atoms with Crippen molar-refractivity contribution in [2.24, 2.45) is 0 Å². The number of hydrogen-bond acceptors (Lipinski definition) is 1. The van der Waals surface area contributed by atoms with E-state index < -0.39 is 0 Å². The summed E-state index contributed by atoms with van der Waals surface area (Å²) in [7, 11) is 0. The second-order valence-corrected chi connectivity index (χ2v) is 8.86. The van der Waals surface area contributed by atoms with Crippen molar-refractivity contribution in [3.05, 3.63) is 88.0 Å². The highest BCUT2D eigenvalue weighted by Gasteiger charge is 2.09. The van der Waals surface area contributed by atoms with Crippen LogP contribution in [-0.4, -0.2) is 0 Å². The van der Waals surface area contributed by atoms with Crippen LogP contribution in [0.5, 0.6) is 0 Å². The van der Waals surface area contributed by atoms with Crippen molar-refractivity contribution in [2.45, 2.75) is 149 Å². The predicted octanol–water partition coefficient (Wildman–Crippen LogP) is 14.1. The van der Waals surface area contributed by atoms with E-state index in [1.54, 1.807) is 0 Å². The van der Waals surface area contributed by atoms with Gasteiger partial charge in [-0.05, 0) is 116 Å². The Labute approximate surface area is 259 Å². The minimum absolute atomic E-state index is 1.05. The summed E-state index contributed by atoms with van der Waals surface area (Å²) in [5.74, 6) is 0. The lowest BCUT2D eigenvalue weighted by atomic mass is 9.94. The first-order valence-corrected chi connectivity index (χ1v) is 16.3. The van der Waals surface area contributed by atoms with Crippen LogP contribution in [0.1, 0.15) is 134 Å². The first-order chi connectivity index (χ1) is 19.1. The second kappa shape index (κ2) is 31.5. The monoisotopic (exact) mass is 571 g/mol. The third-order valence-corrected chi connectivity index (χ3v) is 6.32. The Morgan fingerprint density at radius 2 is 0.950 bits per heavy atom. The van der Waals surface area contributed by atoms with Crippen molar-refractivity contribution in [2.75, 3.05) is 0 Å². The Balaban J connectivity index is -0.000000149. The summed E-state index contributed by atoms with van der Waals surface area (Å²) in [4.78, 5) is 1.13. The Morgan fingerprint density at radius 3 is 1.35 bits per heavy atom. The first kappa shape index (κ1) is 47.8. The predicted molar refractivity (Wildman–Crippen MR) is 197 cm³/mol. The fourth-order valence-electron chi connectivity index (χ4n) is 3.78. The molecule has 0 aromatic heterocycles. The molecule has 0 saturated carbocycles. The SMILES string of the molecule is C=C.CC.CC.CC.CC.CCC.CCc1c(S)cc2c(C)c(C)ccc2c1C.CCc1cc(C)c(C)cc1C. The zero-order valence-electron chi connectivity index (χ0n) is 30.4. The molecule has 0 aliphatic rings. The van der Waals surface area contributed by atoms with Gasteiger partial charge in [0.1, 0.15) is 0 Å². The molecule has 0 radical (unpaired) electrons. The lowest BCUT2D eigenvalue weighted by Gasteiger charge is -2.14. The average Bonchev–Trinajstić information content (AvgIpc) is 2.99. The molecule has 3 aromatic carbocycles. The van der Waals surface area contributed by atoms with E-state index >= 15 is 0 Å². The molecule has 0 atom stereocenters. The van der Waals surface area contributed by atoms with Gasteiger partial charge >= 0.3 is 0 Å². The summed E-state index contributed by atoms with van der Waals surface area (Å²) < 4.78 is 0. The molecule has 232 valence electrons. The summed E-state index contributed by atoms with van der Waals surface area (Å²) in [6, 6.07) is 11.2. The molecule has 0 unspecified atom stereocenters. The molecular formula is C39H70S. The van der Waals surface area contributed by atoms with Gasteiger partial charge < -0.3 is 0 Å². The molecular weight excluding hydrogens is 500 g/mol. The van der Waals surface area contributed by atoms with Crippen LogP contribution in [0.3, 0.4) is 0 Å². The van der Waals surface area contributed by atoms with Crippen LogP contribution in [0.15, 0.2) is 48.4 Å². The van der Waals surface area contributed by atoms with Gasteiger partial charge in [-0.2, -0.15) is 0 Å². The van der Waals surface area contributed by atoms with Crippen molar-refractivity contribution < 1.29 is 0 Å². The number of benzene rings is 3. The molecule has 0 heterocycles. The standard InChI is InChI=1S/C15H18S.C11H16.C3H8.4C2H6.C2H4/c1-5-12-11(4)13-7-6-9(2)10(3)14(13)8-15(12)16;1-5-11-7-9(3)8(2)6-10(11)4;1-3-2;5*1-2/h6-8,16H,5H2,1-4H3;6-7H,5H2,1-4H3;3H2,1-2H3;4*1-2H3;1-2H2. The van der Waals surface area contributed by atoms with Crippen LogP contribution in [0.2, 0.25) is 0 Å². The van der Waals surface area contributed by atoms with Gasteiger partial charge in [-0.3, -0.25) is 0 Å². The molecule has 3 aromatic rings. The summed E-state index contributed by atoms with van der Waals surface area (Å²) in [6.07, 6.45) is 3.44. The van der Waals surface area contributed by atoms with Gasteiger partial charge in [0.2, 0.25) is 0 Å². The Kier molecular flexibility index (Phi) is 37.7. The maximum absolute atomic E-state index is 4.61. The van der Waals surface area contributed by atoms with E-state index in [0.29, 0.717) is 0 Å². The van der Waals surface area contributed by atoms with Gasteiger partial charge in [0.15, 0.2) is 0 Å². The van der Waals surface area contributed by atoms with Crippen LogP contribution in [0.4, 0.5) is 0 Å². The molecule has 40 heavy (non-hydrogen) atoms. The number of rotatable bonds is 2. The second-order valence-electron chi connectivity index (χ2n) is 8.38. The molecule has 0 N–H and O–H groups in total. The van der Waals surface area contributed by atoms with Crippen molar-refractivity contribution in [1.82, 2.24) is 0 Å². The normalized spacial score (nSPS) is 8.38. The summed E-state index contributed by atoms with van der Waals surface area (Å²) in [5.41, 5.74) is 11.2. The zero-order chi connectivity index (χ0) is 33.0. The third kappa shape index (κ3) is 17.0. The lowest BCUT2D eigenvalue weighted by molar-refractivity contribution is 1.07. The largest absolute Gasteiger partial charge is 0.143 e. The van der Waals surface area contributed by atoms with Crippen molar-refractivity contribution >= 4 is 23.4 Å². The molecule has 0 fully saturated rings. The number of fused-ring (bicyclic) bond motifs is 1. The highest BCUT2D eigenvalue weighted by Crippen LogP contribution is 2.31. The van der Waals surface area contributed by atoms with E-state index in [-0.39, 0.29) is 0 Å². The number of thiol groups is 1. The van der Waals surface area contributed by atoms with E-state index in [2.05, 4.69) is 125 Å². The van der Waals surface area contributed by atoms with Gasteiger partial charge in [-0.25, -0.2) is 0 Å². The molecule has 3 rings (SSSR count). The quantitative estimate of drug-likeness (QED) is 0.230. The maximum Gasteiger partial charge on any atom is 0.00810 e. The molecule has 0 spiro atoms. The summed E-state index contributed by atoms with van der Waals surface area (Å²) in [6.45, 7) is 43.7. The van der Waals surface area contributed by atoms with Gasteiger partial charge in [0.05, 0.1) is 0 Å². The van der Waals surface area contributed by atoms with Crippen LogP contribution in [-0.2, 0) is 12.8 Å². The minimum atomic E-state index is 1.05. The topological polar surface area (TPSA) is 0 Å².